The molecule has 1 aliphatic carbocycles. The summed E-state index contributed by atoms with van der Waals surface area (Å²) in [5.41, 5.74) is 0.733. The molecule has 0 radical (unpaired) electrons. The molecule has 130 valence electrons. The maximum Gasteiger partial charge on any atom is 0.277 e. The van der Waals surface area contributed by atoms with Gasteiger partial charge in [0.05, 0.1) is 25.5 Å². The molecule has 1 aromatic carbocycles. The van der Waals surface area contributed by atoms with Crippen LogP contribution in [0, 0.1) is 0 Å². The van der Waals surface area contributed by atoms with Crippen molar-refractivity contribution in [2.24, 2.45) is 0 Å². The number of rotatable bonds is 7. The Kier molecular flexibility index (Phi) is 4.31. The van der Waals surface area contributed by atoms with E-state index in [0.717, 1.165) is 24.3 Å². The van der Waals surface area contributed by atoms with Crippen molar-refractivity contribution in [2.45, 2.75) is 29.7 Å². The molecule has 0 spiro atoms. The van der Waals surface area contributed by atoms with E-state index in [1.807, 2.05) is 12.1 Å². The van der Waals surface area contributed by atoms with E-state index in [-0.39, 0.29) is 0 Å². The molecular weight excluding hydrogens is 344 g/mol. The Morgan fingerprint density at radius 3 is 2.84 bits per heavy atom. The van der Waals surface area contributed by atoms with Crippen molar-refractivity contribution in [1.82, 2.24) is 20.3 Å². The van der Waals surface area contributed by atoms with Gasteiger partial charge in [-0.3, -0.25) is 0 Å². The standard InChI is InChI=1S/C16H16N4O4S/c1-21-10-5-6-11(12(7-10)22-2)14-17-13(24-20-14)8-25-16-19-18-15(23-16)9-3-4-9/h5-7,9H,3-4,8H2,1-2H3. The van der Waals surface area contributed by atoms with E-state index in [4.69, 9.17) is 18.4 Å². The van der Waals surface area contributed by atoms with Crippen molar-refractivity contribution < 1.29 is 18.4 Å². The second-order valence-corrected chi connectivity index (χ2v) is 6.47. The maximum absolute atomic E-state index is 5.60. The van der Waals surface area contributed by atoms with Crippen LogP contribution < -0.4 is 9.47 Å². The number of hydrogen-bond donors (Lipinski definition) is 0. The van der Waals surface area contributed by atoms with Crippen LogP contribution in [0.25, 0.3) is 11.4 Å². The summed E-state index contributed by atoms with van der Waals surface area (Å²) in [6.07, 6.45) is 2.26. The lowest BCUT2D eigenvalue weighted by Gasteiger charge is -2.07. The van der Waals surface area contributed by atoms with Crippen molar-refractivity contribution in [3.05, 3.63) is 30.0 Å². The largest absolute Gasteiger partial charge is 0.497 e. The van der Waals surface area contributed by atoms with Gasteiger partial charge in [-0.05, 0) is 25.0 Å². The SMILES string of the molecule is COc1ccc(-c2noc(CSc3nnc(C4CC4)o3)n2)c(OC)c1. The molecule has 9 heteroatoms. The minimum atomic E-state index is 0.444. The zero-order valence-corrected chi connectivity index (χ0v) is 14.6. The molecule has 8 nitrogen and oxygen atoms in total. The molecular formula is C16H16N4O4S. The van der Waals surface area contributed by atoms with Gasteiger partial charge in [-0.1, -0.05) is 16.9 Å². The van der Waals surface area contributed by atoms with Crippen LogP contribution in [0.3, 0.4) is 0 Å². The summed E-state index contributed by atoms with van der Waals surface area (Å²) in [4.78, 5) is 4.40. The predicted octanol–water partition coefficient (Wildman–Crippen LogP) is 3.31. The van der Waals surface area contributed by atoms with Gasteiger partial charge < -0.3 is 18.4 Å². The lowest BCUT2D eigenvalue weighted by atomic mass is 10.2. The lowest BCUT2D eigenvalue weighted by Crippen LogP contribution is -1.91. The van der Waals surface area contributed by atoms with E-state index in [9.17, 15) is 0 Å². The van der Waals surface area contributed by atoms with Crippen molar-refractivity contribution in [3.63, 3.8) is 0 Å². The van der Waals surface area contributed by atoms with Gasteiger partial charge in [0.15, 0.2) is 0 Å². The normalized spacial score (nSPS) is 13.8. The molecule has 25 heavy (non-hydrogen) atoms. The van der Waals surface area contributed by atoms with Gasteiger partial charge in [0.25, 0.3) is 5.22 Å². The van der Waals surface area contributed by atoms with Crippen LogP contribution in [-0.4, -0.2) is 34.6 Å². The third kappa shape index (κ3) is 3.46. The quantitative estimate of drug-likeness (QED) is 0.588. The average Bonchev–Trinajstić information content (AvgIpc) is 3.20. The minimum Gasteiger partial charge on any atom is -0.497 e. The number of aromatic nitrogens is 4. The monoisotopic (exact) mass is 360 g/mol. The van der Waals surface area contributed by atoms with Crippen LogP contribution in [0.4, 0.5) is 0 Å². The van der Waals surface area contributed by atoms with Crippen LogP contribution in [-0.2, 0) is 5.75 Å². The third-order valence-electron chi connectivity index (χ3n) is 3.79. The van der Waals surface area contributed by atoms with Crippen molar-refractivity contribution >= 4 is 11.8 Å². The predicted molar refractivity (Wildman–Crippen MR) is 88.7 cm³/mol. The van der Waals surface area contributed by atoms with Gasteiger partial charge in [0.2, 0.25) is 17.6 Å². The Balaban J connectivity index is 1.46. The molecule has 0 bridgehead atoms. The van der Waals surface area contributed by atoms with Gasteiger partial charge in [-0.25, -0.2) is 0 Å². The minimum absolute atomic E-state index is 0.444. The van der Waals surface area contributed by atoms with Gasteiger partial charge in [-0.2, -0.15) is 4.98 Å². The fourth-order valence-electron chi connectivity index (χ4n) is 2.30. The Bertz CT molecular complexity index is 875. The maximum atomic E-state index is 5.60. The molecule has 3 aromatic rings. The zero-order valence-electron chi connectivity index (χ0n) is 13.8. The summed E-state index contributed by atoms with van der Waals surface area (Å²) < 4.78 is 21.5. The zero-order chi connectivity index (χ0) is 17.2. The molecule has 2 heterocycles. The topological polar surface area (TPSA) is 96.3 Å². The highest BCUT2D eigenvalue weighted by molar-refractivity contribution is 7.98. The number of ether oxygens (including phenoxy) is 2. The molecule has 1 saturated carbocycles. The van der Waals surface area contributed by atoms with Crippen molar-refractivity contribution in [1.29, 1.82) is 0 Å². The number of benzene rings is 1. The first kappa shape index (κ1) is 15.9. The summed E-state index contributed by atoms with van der Waals surface area (Å²) >= 11 is 1.38. The van der Waals surface area contributed by atoms with E-state index >= 15 is 0 Å². The van der Waals surface area contributed by atoms with Crippen molar-refractivity contribution in [3.8, 4) is 22.9 Å². The van der Waals surface area contributed by atoms with Crippen LogP contribution in [0.1, 0.15) is 30.5 Å². The van der Waals surface area contributed by atoms with E-state index in [1.54, 1.807) is 20.3 Å². The lowest BCUT2D eigenvalue weighted by molar-refractivity contribution is 0.386. The first-order chi connectivity index (χ1) is 12.3. The van der Waals surface area contributed by atoms with Crippen LogP contribution >= 0.6 is 11.8 Å². The van der Waals surface area contributed by atoms with E-state index < -0.39 is 0 Å². The highest BCUT2D eigenvalue weighted by Gasteiger charge is 2.29. The molecule has 0 aliphatic heterocycles. The number of methoxy groups -OCH3 is 2. The molecule has 0 amide bonds. The van der Waals surface area contributed by atoms with Crippen molar-refractivity contribution in [2.75, 3.05) is 14.2 Å². The number of hydrogen-bond acceptors (Lipinski definition) is 9. The van der Waals surface area contributed by atoms with Crippen LogP contribution in [0.2, 0.25) is 0 Å². The molecule has 2 aromatic heterocycles. The van der Waals surface area contributed by atoms with E-state index in [1.165, 1.54) is 11.8 Å². The van der Waals surface area contributed by atoms with Gasteiger partial charge >= 0.3 is 0 Å². The smallest absolute Gasteiger partial charge is 0.277 e. The summed E-state index contributed by atoms with van der Waals surface area (Å²) in [5, 5.41) is 12.6. The molecule has 0 saturated heterocycles. The van der Waals surface area contributed by atoms with E-state index in [2.05, 4.69) is 20.3 Å². The van der Waals surface area contributed by atoms with Crippen LogP contribution in [0.15, 0.2) is 32.4 Å². The Labute approximate surface area is 147 Å². The summed E-state index contributed by atoms with van der Waals surface area (Å²) in [7, 11) is 3.19. The third-order valence-corrected chi connectivity index (χ3v) is 4.59. The molecule has 1 fully saturated rings. The second-order valence-electron chi connectivity index (χ2n) is 5.55. The first-order valence-electron chi connectivity index (χ1n) is 7.78. The van der Waals surface area contributed by atoms with Gasteiger partial charge in [0, 0.05) is 12.0 Å². The Morgan fingerprint density at radius 2 is 2.08 bits per heavy atom. The summed E-state index contributed by atoms with van der Waals surface area (Å²) in [6, 6.07) is 5.43. The average molecular weight is 360 g/mol. The molecule has 0 unspecified atom stereocenters. The number of thioether (sulfide) groups is 1. The van der Waals surface area contributed by atoms with Crippen LogP contribution in [0.5, 0.6) is 11.5 Å². The summed E-state index contributed by atoms with van der Waals surface area (Å²) in [5.74, 6) is 3.87. The van der Waals surface area contributed by atoms with E-state index in [0.29, 0.717) is 40.1 Å². The fraction of sp³-hybridized carbons (Fsp3) is 0.375. The molecule has 0 N–H and O–H groups in total. The highest BCUT2D eigenvalue weighted by atomic mass is 32.2. The first-order valence-corrected chi connectivity index (χ1v) is 8.76. The molecule has 0 atom stereocenters. The highest BCUT2D eigenvalue weighted by Crippen LogP contribution is 2.40. The summed E-state index contributed by atoms with van der Waals surface area (Å²) in [6.45, 7) is 0. The second kappa shape index (κ2) is 6.75. The fourth-order valence-corrected chi connectivity index (χ4v) is 2.91. The van der Waals surface area contributed by atoms with Gasteiger partial charge in [-0.15, -0.1) is 10.2 Å². The molecule has 4 rings (SSSR count). The Morgan fingerprint density at radius 1 is 1.20 bits per heavy atom. The Hall–Kier alpha value is -2.55. The molecule has 1 aliphatic rings. The van der Waals surface area contributed by atoms with Gasteiger partial charge in [0.1, 0.15) is 11.5 Å². The number of nitrogens with zero attached hydrogens (tertiary/aromatic N) is 4.